The Morgan fingerprint density at radius 1 is 1.27 bits per heavy atom. The first-order valence-corrected chi connectivity index (χ1v) is 9.09. The van der Waals surface area contributed by atoms with E-state index in [1.165, 1.54) is 12.5 Å². The molecule has 0 bridgehead atoms. The van der Waals surface area contributed by atoms with E-state index in [2.05, 4.69) is 10.2 Å². The van der Waals surface area contributed by atoms with Gasteiger partial charge in [0.05, 0.1) is 18.0 Å². The lowest BCUT2D eigenvalue weighted by molar-refractivity contribution is 0.0913. The lowest BCUT2D eigenvalue weighted by Gasteiger charge is -2.33. The Labute approximate surface area is 153 Å². The standard InChI is InChI=1S/C20H26FN3O2/c1-23(2)17-9-8-15(13-16(17)21)20(25)22-14-18(19-7-6-12-26-19)24-10-4-3-5-11-24/h6-9,12-13,18H,3-5,10-11,14H2,1-2H3,(H,22,25). The number of nitrogens with one attached hydrogen (secondary N) is 1. The Morgan fingerprint density at radius 2 is 2.04 bits per heavy atom. The number of amides is 1. The number of likely N-dealkylation sites (tertiary alicyclic amines) is 1. The predicted octanol–water partition coefficient (Wildman–Crippen LogP) is 3.44. The number of carbonyl (C=O) groups is 1. The van der Waals surface area contributed by atoms with Gasteiger partial charge in [0.2, 0.25) is 0 Å². The number of rotatable bonds is 6. The molecule has 26 heavy (non-hydrogen) atoms. The lowest BCUT2D eigenvalue weighted by atomic mass is 10.1. The van der Waals surface area contributed by atoms with Crippen molar-refractivity contribution >= 4 is 11.6 Å². The van der Waals surface area contributed by atoms with Gasteiger partial charge in [0.1, 0.15) is 11.6 Å². The van der Waals surface area contributed by atoms with E-state index >= 15 is 0 Å². The molecule has 3 rings (SSSR count). The van der Waals surface area contributed by atoms with Crippen LogP contribution >= 0.6 is 0 Å². The van der Waals surface area contributed by atoms with E-state index in [0.717, 1.165) is 31.7 Å². The van der Waals surface area contributed by atoms with Gasteiger partial charge in [-0.15, -0.1) is 0 Å². The minimum Gasteiger partial charge on any atom is -0.468 e. The van der Waals surface area contributed by atoms with Crippen LogP contribution < -0.4 is 10.2 Å². The number of halogens is 1. The van der Waals surface area contributed by atoms with Crippen LogP contribution in [0.5, 0.6) is 0 Å². The summed E-state index contributed by atoms with van der Waals surface area (Å²) in [4.78, 5) is 16.5. The van der Waals surface area contributed by atoms with E-state index in [-0.39, 0.29) is 11.9 Å². The Kier molecular flexibility index (Phi) is 5.93. The Bertz CT molecular complexity index is 725. The molecule has 2 aromatic rings. The van der Waals surface area contributed by atoms with Gasteiger partial charge >= 0.3 is 0 Å². The molecular weight excluding hydrogens is 333 g/mol. The van der Waals surface area contributed by atoms with Crippen LogP contribution in [0.15, 0.2) is 41.0 Å². The van der Waals surface area contributed by atoms with E-state index in [0.29, 0.717) is 17.8 Å². The summed E-state index contributed by atoms with van der Waals surface area (Å²) in [5, 5.41) is 2.94. The number of hydrogen-bond donors (Lipinski definition) is 1. The molecule has 5 nitrogen and oxygen atoms in total. The van der Waals surface area contributed by atoms with Crippen molar-refractivity contribution in [3.8, 4) is 0 Å². The second-order valence-corrected chi connectivity index (χ2v) is 6.90. The summed E-state index contributed by atoms with van der Waals surface area (Å²) in [6.45, 7) is 2.42. The third kappa shape index (κ3) is 4.25. The number of piperidine rings is 1. The van der Waals surface area contributed by atoms with Crippen molar-refractivity contribution in [3.05, 3.63) is 53.7 Å². The number of carbonyl (C=O) groups excluding carboxylic acids is 1. The van der Waals surface area contributed by atoms with Gasteiger partial charge in [-0.25, -0.2) is 4.39 Å². The van der Waals surface area contributed by atoms with Gasteiger partial charge in [0.15, 0.2) is 0 Å². The van der Waals surface area contributed by atoms with E-state index in [4.69, 9.17) is 4.42 Å². The highest BCUT2D eigenvalue weighted by Crippen LogP contribution is 2.25. The molecule has 0 saturated carbocycles. The zero-order valence-corrected chi connectivity index (χ0v) is 15.4. The number of hydrogen-bond acceptors (Lipinski definition) is 4. The maximum atomic E-state index is 14.1. The third-order valence-electron chi connectivity index (χ3n) is 4.85. The van der Waals surface area contributed by atoms with Crippen LogP contribution in [0.4, 0.5) is 10.1 Å². The highest BCUT2D eigenvalue weighted by molar-refractivity contribution is 5.94. The van der Waals surface area contributed by atoms with Crippen molar-refractivity contribution in [2.24, 2.45) is 0 Å². The number of anilines is 1. The minimum absolute atomic E-state index is 0.000135. The molecule has 0 aliphatic carbocycles. The summed E-state index contributed by atoms with van der Waals surface area (Å²) in [7, 11) is 3.54. The van der Waals surface area contributed by atoms with Gasteiger partial charge in [0, 0.05) is 26.2 Å². The summed E-state index contributed by atoms with van der Waals surface area (Å²) in [5.41, 5.74) is 0.785. The third-order valence-corrected chi connectivity index (χ3v) is 4.85. The molecule has 1 saturated heterocycles. The molecule has 1 fully saturated rings. The first-order valence-electron chi connectivity index (χ1n) is 9.09. The van der Waals surface area contributed by atoms with Gasteiger partial charge in [-0.2, -0.15) is 0 Å². The molecule has 6 heteroatoms. The first kappa shape index (κ1) is 18.5. The van der Waals surface area contributed by atoms with Gasteiger partial charge in [-0.1, -0.05) is 6.42 Å². The van der Waals surface area contributed by atoms with Crippen LogP contribution in [-0.4, -0.2) is 44.5 Å². The molecule has 0 radical (unpaired) electrons. The Balaban J connectivity index is 1.68. The van der Waals surface area contributed by atoms with Crippen molar-refractivity contribution in [1.82, 2.24) is 10.2 Å². The van der Waals surface area contributed by atoms with Crippen molar-refractivity contribution in [2.75, 3.05) is 38.6 Å². The molecule has 1 atom stereocenters. The number of benzene rings is 1. The first-order chi connectivity index (χ1) is 12.6. The van der Waals surface area contributed by atoms with Crippen molar-refractivity contribution in [1.29, 1.82) is 0 Å². The summed E-state index contributed by atoms with van der Waals surface area (Å²) in [6.07, 6.45) is 5.21. The van der Waals surface area contributed by atoms with Gasteiger partial charge in [-0.3, -0.25) is 9.69 Å². The fourth-order valence-electron chi connectivity index (χ4n) is 3.42. The lowest BCUT2D eigenvalue weighted by Crippen LogP contribution is -2.40. The maximum Gasteiger partial charge on any atom is 0.251 e. The molecule has 1 amide bonds. The monoisotopic (exact) mass is 359 g/mol. The molecule has 2 heterocycles. The number of nitrogens with zero attached hydrogens (tertiary/aromatic N) is 2. The SMILES string of the molecule is CN(C)c1ccc(C(=O)NCC(c2ccco2)N2CCCCC2)cc1F. The average Bonchev–Trinajstić information content (AvgIpc) is 3.16. The maximum absolute atomic E-state index is 14.1. The fraction of sp³-hybridized carbons (Fsp3) is 0.450. The molecule has 1 aromatic heterocycles. The second kappa shape index (κ2) is 8.36. The van der Waals surface area contributed by atoms with Crippen molar-refractivity contribution in [2.45, 2.75) is 25.3 Å². The van der Waals surface area contributed by atoms with E-state index in [1.54, 1.807) is 37.4 Å². The van der Waals surface area contributed by atoms with Crippen LogP contribution in [0.1, 0.15) is 41.4 Å². The second-order valence-electron chi connectivity index (χ2n) is 6.90. The molecule has 1 aliphatic heterocycles. The smallest absolute Gasteiger partial charge is 0.251 e. The molecular formula is C20H26FN3O2. The molecule has 1 aliphatic rings. The Hall–Kier alpha value is -2.34. The highest BCUT2D eigenvalue weighted by Gasteiger charge is 2.25. The van der Waals surface area contributed by atoms with Crippen LogP contribution in [-0.2, 0) is 0 Å². The highest BCUT2D eigenvalue weighted by atomic mass is 19.1. The Morgan fingerprint density at radius 3 is 2.65 bits per heavy atom. The summed E-state index contributed by atoms with van der Waals surface area (Å²) in [5.74, 6) is 0.172. The van der Waals surface area contributed by atoms with E-state index in [9.17, 15) is 9.18 Å². The zero-order valence-electron chi connectivity index (χ0n) is 15.4. The van der Waals surface area contributed by atoms with Gasteiger partial charge in [0.25, 0.3) is 5.91 Å². The predicted molar refractivity (Wildman–Crippen MR) is 99.9 cm³/mol. The topological polar surface area (TPSA) is 48.7 Å². The average molecular weight is 359 g/mol. The van der Waals surface area contributed by atoms with Gasteiger partial charge in [-0.05, 0) is 56.3 Å². The van der Waals surface area contributed by atoms with Crippen LogP contribution in [0.25, 0.3) is 0 Å². The van der Waals surface area contributed by atoms with Crippen LogP contribution in [0.2, 0.25) is 0 Å². The number of furan rings is 1. The quantitative estimate of drug-likeness (QED) is 0.858. The van der Waals surface area contributed by atoms with E-state index < -0.39 is 5.82 Å². The summed E-state index contributed by atoms with van der Waals surface area (Å²) < 4.78 is 19.7. The fourth-order valence-corrected chi connectivity index (χ4v) is 3.42. The van der Waals surface area contributed by atoms with Crippen molar-refractivity contribution < 1.29 is 13.6 Å². The normalized spacial score (nSPS) is 16.3. The minimum atomic E-state index is -0.402. The molecule has 0 spiro atoms. The van der Waals surface area contributed by atoms with Gasteiger partial charge < -0.3 is 14.6 Å². The molecule has 1 unspecified atom stereocenters. The molecule has 140 valence electrons. The summed E-state index contributed by atoms with van der Waals surface area (Å²) >= 11 is 0. The largest absolute Gasteiger partial charge is 0.468 e. The van der Waals surface area contributed by atoms with Crippen molar-refractivity contribution in [3.63, 3.8) is 0 Å². The van der Waals surface area contributed by atoms with Crippen LogP contribution in [0, 0.1) is 5.82 Å². The van der Waals surface area contributed by atoms with E-state index in [1.807, 2.05) is 12.1 Å². The molecule has 1 aromatic carbocycles. The molecule has 1 N–H and O–H groups in total. The van der Waals surface area contributed by atoms with Crippen LogP contribution in [0.3, 0.4) is 0 Å². The zero-order chi connectivity index (χ0) is 18.5. The summed E-state index contributed by atoms with van der Waals surface area (Å²) in [6, 6.07) is 8.36.